The summed E-state index contributed by atoms with van der Waals surface area (Å²) >= 11 is 1.70. The van der Waals surface area contributed by atoms with Crippen LogP contribution in [-0.4, -0.2) is 47.6 Å². The third kappa shape index (κ3) is 4.06. The average Bonchev–Trinajstić information content (AvgIpc) is 3.03. The molecule has 138 valence electrons. The van der Waals surface area contributed by atoms with Gasteiger partial charge in [-0.05, 0) is 37.7 Å². The molecule has 2 amide bonds. The van der Waals surface area contributed by atoms with E-state index < -0.39 is 6.10 Å². The van der Waals surface area contributed by atoms with Crippen LogP contribution in [0.25, 0.3) is 0 Å². The van der Waals surface area contributed by atoms with Gasteiger partial charge in [-0.3, -0.25) is 9.59 Å². The number of aryl methyl sites for hydroxylation is 1. The number of carbonyl (C=O) groups excluding carboxylic acids is 2. The van der Waals surface area contributed by atoms with E-state index in [4.69, 9.17) is 0 Å². The molecule has 2 atom stereocenters. The lowest BCUT2D eigenvalue weighted by Gasteiger charge is -2.36. The predicted molar refractivity (Wildman–Crippen MR) is 98.8 cm³/mol. The maximum absolute atomic E-state index is 12.9. The first-order valence-corrected chi connectivity index (χ1v) is 10.2. The quantitative estimate of drug-likeness (QED) is 0.861. The van der Waals surface area contributed by atoms with Crippen LogP contribution < -0.4 is 5.32 Å². The molecule has 1 aliphatic heterocycles. The van der Waals surface area contributed by atoms with Gasteiger partial charge in [-0.1, -0.05) is 13.8 Å². The number of nitrogens with one attached hydrogen (secondary N) is 1. The lowest BCUT2D eigenvalue weighted by Crippen LogP contribution is -2.50. The van der Waals surface area contributed by atoms with E-state index in [9.17, 15) is 14.7 Å². The highest BCUT2D eigenvalue weighted by Crippen LogP contribution is 2.31. The van der Waals surface area contributed by atoms with E-state index in [1.807, 2.05) is 19.2 Å². The number of hydrogen-bond donors (Lipinski definition) is 2. The summed E-state index contributed by atoms with van der Waals surface area (Å²) in [6.07, 6.45) is 4.60. The molecule has 1 aliphatic carbocycles. The van der Waals surface area contributed by atoms with Gasteiger partial charge in [0.2, 0.25) is 5.91 Å². The van der Waals surface area contributed by atoms with Gasteiger partial charge in [0.15, 0.2) is 0 Å². The van der Waals surface area contributed by atoms with Gasteiger partial charge in [0.25, 0.3) is 5.91 Å². The van der Waals surface area contributed by atoms with E-state index in [0.29, 0.717) is 19.6 Å². The topological polar surface area (TPSA) is 69.6 Å². The summed E-state index contributed by atoms with van der Waals surface area (Å²) in [4.78, 5) is 27.7. The normalized spacial score (nSPS) is 23.4. The van der Waals surface area contributed by atoms with Crippen molar-refractivity contribution in [2.24, 2.45) is 11.8 Å². The number of fused-ring (bicyclic) bond motifs is 1. The van der Waals surface area contributed by atoms with E-state index >= 15 is 0 Å². The number of likely N-dealkylation sites (tertiary alicyclic amines) is 1. The van der Waals surface area contributed by atoms with Gasteiger partial charge >= 0.3 is 0 Å². The van der Waals surface area contributed by atoms with E-state index in [0.717, 1.165) is 31.2 Å². The zero-order chi connectivity index (χ0) is 18.0. The van der Waals surface area contributed by atoms with Crippen molar-refractivity contribution in [1.82, 2.24) is 10.2 Å². The van der Waals surface area contributed by atoms with E-state index in [1.54, 1.807) is 16.2 Å². The number of aliphatic hydroxyl groups is 1. The molecule has 0 unspecified atom stereocenters. The maximum atomic E-state index is 12.9. The van der Waals surface area contributed by atoms with E-state index in [1.165, 1.54) is 16.9 Å². The van der Waals surface area contributed by atoms with Crippen LogP contribution in [0.2, 0.25) is 0 Å². The van der Waals surface area contributed by atoms with Gasteiger partial charge in [0.05, 0.1) is 11.7 Å². The van der Waals surface area contributed by atoms with Crippen LogP contribution in [0.3, 0.4) is 0 Å². The van der Waals surface area contributed by atoms with Crippen molar-refractivity contribution in [1.29, 1.82) is 0 Å². The monoisotopic (exact) mass is 364 g/mol. The molecular formula is C19H28N2O3S. The molecule has 1 aromatic heterocycles. The summed E-state index contributed by atoms with van der Waals surface area (Å²) in [5.41, 5.74) is 2.08. The summed E-state index contributed by atoms with van der Waals surface area (Å²) in [7, 11) is 0. The molecule has 0 radical (unpaired) electrons. The Balaban J connectivity index is 1.58. The number of rotatable bonds is 4. The second-order valence-corrected chi connectivity index (χ2v) is 8.49. The van der Waals surface area contributed by atoms with Crippen molar-refractivity contribution in [2.75, 3.05) is 19.6 Å². The van der Waals surface area contributed by atoms with Crippen LogP contribution in [0.5, 0.6) is 0 Å². The Morgan fingerprint density at radius 2 is 2.12 bits per heavy atom. The number of β-amino-alcohol motifs (C(OH)–C–C–N with tert-alkyl or cyclic N) is 1. The molecule has 1 saturated heterocycles. The predicted octanol–water partition coefficient (Wildman–Crippen LogP) is 2.22. The van der Waals surface area contributed by atoms with Gasteiger partial charge in [-0.25, -0.2) is 0 Å². The van der Waals surface area contributed by atoms with Crippen LogP contribution in [0.15, 0.2) is 5.38 Å². The highest BCUT2D eigenvalue weighted by Gasteiger charge is 2.32. The van der Waals surface area contributed by atoms with Crippen molar-refractivity contribution in [3.05, 3.63) is 21.4 Å². The van der Waals surface area contributed by atoms with Gasteiger partial charge < -0.3 is 15.3 Å². The Morgan fingerprint density at radius 3 is 2.84 bits per heavy atom. The molecule has 6 heteroatoms. The zero-order valence-electron chi connectivity index (χ0n) is 15.1. The molecule has 2 N–H and O–H groups in total. The van der Waals surface area contributed by atoms with Crippen molar-refractivity contribution < 1.29 is 14.7 Å². The van der Waals surface area contributed by atoms with Crippen LogP contribution in [-0.2, 0) is 17.6 Å². The van der Waals surface area contributed by atoms with Crippen molar-refractivity contribution in [3.63, 3.8) is 0 Å². The standard InChI is InChI=1S/C19H28N2O3S/c1-12(2)18(23)20-9-13-7-8-21(10-16(13)22)19(24)15-11-25-17-6-4-3-5-14(15)17/h11-13,16,22H,3-10H2,1-2H3,(H,20,23)/t13-,16+/m0/s1. The molecule has 1 fully saturated rings. The molecule has 2 aliphatic rings. The fraction of sp³-hybridized carbons (Fsp3) is 0.684. The Bertz CT molecular complexity index is 641. The SMILES string of the molecule is CC(C)C(=O)NC[C@@H]1CCN(C(=O)c2csc3c2CCCC3)C[C@H]1O. The molecule has 0 aromatic carbocycles. The minimum absolute atomic E-state index is 0.00982. The largest absolute Gasteiger partial charge is 0.391 e. The molecule has 0 spiro atoms. The summed E-state index contributed by atoms with van der Waals surface area (Å²) in [6, 6.07) is 0. The lowest BCUT2D eigenvalue weighted by atomic mass is 9.92. The maximum Gasteiger partial charge on any atom is 0.255 e. The molecule has 1 aromatic rings. The van der Waals surface area contributed by atoms with Gasteiger partial charge in [0.1, 0.15) is 0 Å². The highest BCUT2D eigenvalue weighted by molar-refractivity contribution is 7.10. The first-order chi connectivity index (χ1) is 12.0. The van der Waals surface area contributed by atoms with Crippen molar-refractivity contribution >= 4 is 23.2 Å². The second kappa shape index (κ2) is 7.87. The first-order valence-electron chi connectivity index (χ1n) is 9.31. The summed E-state index contributed by atoms with van der Waals surface area (Å²) in [5.74, 6) is 0.0328. The third-order valence-corrected chi connectivity index (χ3v) is 6.45. The van der Waals surface area contributed by atoms with Crippen molar-refractivity contribution in [3.8, 4) is 0 Å². The summed E-state index contributed by atoms with van der Waals surface area (Å²) in [5, 5.41) is 15.3. The van der Waals surface area contributed by atoms with E-state index in [-0.39, 0.29) is 23.7 Å². The summed E-state index contributed by atoms with van der Waals surface area (Å²) < 4.78 is 0. The molecule has 0 bridgehead atoms. The number of piperidine rings is 1. The minimum Gasteiger partial charge on any atom is -0.391 e. The molecule has 25 heavy (non-hydrogen) atoms. The summed E-state index contributed by atoms with van der Waals surface area (Å²) in [6.45, 7) is 5.19. The van der Waals surface area contributed by atoms with Gasteiger partial charge in [-0.2, -0.15) is 0 Å². The Labute approximate surface area is 153 Å². The highest BCUT2D eigenvalue weighted by atomic mass is 32.1. The van der Waals surface area contributed by atoms with E-state index in [2.05, 4.69) is 5.32 Å². The lowest BCUT2D eigenvalue weighted by molar-refractivity contribution is -0.124. The molecule has 0 saturated carbocycles. The van der Waals surface area contributed by atoms with Crippen LogP contribution >= 0.6 is 11.3 Å². The van der Waals surface area contributed by atoms with Crippen LogP contribution in [0, 0.1) is 11.8 Å². The fourth-order valence-corrected chi connectivity index (χ4v) is 4.80. The smallest absolute Gasteiger partial charge is 0.255 e. The number of amides is 2. The van der Waals surface area contributed by atoms with Crippen LogP contribution in [0.4, 0.5) is 0 Å². The number of hydrogen-bond acceptors (Lipinski definition) is 4. The third-order valence-electron chi connectivity index (χ3n) is 5.36. The number of nitrogens with zero attached hydrogens (tertiary/aromatic N) is 1. The Hall–Kier alpha value is -1.40. The first kappa shape index (κ1) is 18.4. The second-order valence-electron chi connectivity index (χ2n) is 7.53. The van der Waals surface area contributed by atoms with Crippen LogP contribution in [0.1, 0.15) is 53.9 Å². The molecule has 3 rings (SSSR count). The molecular weight excluding hydrogens is 336 g/mol. The molecule has 2 heterocycles. The number of thiophene rings is 1. The number of aliphatic hydroxyl groups excluding tert-OH is 1. The fourth-order valence-electron chi connectivity index (χ4n) is 3.68. The molecule has 5 nitrogen and oxygen atoms in total. The number of carbonyl (C=O) groups is 2. The minimum atomic E-state index is -0.584. The van der Waals surface area contributed by atoms with Crippen molar-refractivity contribution in [2.45, 2.75) is 52.1 Å². The Morgan fingerprint density at radius 1 is 1.36 bits per heavy atom. The Kier molecular flexibility index (Phi) is 5.79. The average molecular weight is 365 g/mol. The van der Waals surface area contributed by atoms with Gasteiger partial charge in [-0.15, -0.1) is 11.3 Å². The zero-order valence-corrected chi connectivity index (χ0v) is 15.9. The van der Waals surface area contributed by atoms with Gasteiger partial charge in [0, 0.05) is 41.7 Å².